The third-order valence-corrected chi connectivity index (χ3v) is 4.03. The number of halogens is 3. The Kier molecular flexibility index (Phi) is 4.41. The smallest absolute Gasteiger partial charge is 0.357 e. The molecule has 1 saturated heterocycles. The molecule has 0 aliphatic carbocycles. The van der Waals surface area contributed by atoms with Gasteiger partial charge in [0.1, 0.15) is 5.82 Å². The van der Waals surface area contributed by atoms with Gasteiger partial charge in [-0.25, -0.2) is 4.98 Å². The number of piperidine rings is 1. The van der Waals surface area contributed by atoms with Crippen molar-refractivity contribution in [1.82, 2.24) is 15.2 Å². The lowest BCUT2D eigenvalue weighted by molar-refractivity contribution is -0.137. The molecule has 128 valence electrons. The Labute approximate surface area is 136 Å². The molecule has 1 fully saturated rings. The van der Waals surface area contributed by atoms with Gasteiger partial charge >= 0.3 is 6.18 Å². The Morgan fingerprint density at radius 2 is 2.00 bits per heavy atom. The van der Waals surface area contributed by atoms with E-state index in [1.165, 1.54) is 12.3 Å². The first-order valence-electron chi connectivity index (χ1n) is 7.51. The number of hydrogen-bond acceptors (Lipinski definition) is 4. The summed E-state index contributed by atoms with van der Waals surface area (Å²) in [5.74, 6) is 0.290. The van der Waals surface area contributed by atoms with E-state index in [4.69, 9.17) is 0 Å². The van der Waals surface area contributed by atoms with Gasteiger partial charge in [-0.05, 0) is 25.0 Å². The average Bonchev–Trinajstić information content (AvgIpc) is 3.07. The van der Waals surface area contributed by atoms with Gasteiger partial charge in [-0.1, -0.05) is 0 Å². The summed E-state index contributed by atoms with van der Waals surface area (Å²) in [7, 11) is 0. The molecule has 2 aromatic heterocycles. The number of aromatic nitrogens is 3. The maximum atomic E-state index is 12.6. The van der Waals surface area contributed by atoms with E-state index >= 15 is 0 Å². The number of anilines is 2. The van der Waals surface area contributed by atoms with Crippen LogP contribution in [0.4, 0.5) is 24.7 Å². The van der Waals surface area contributed by atoms with Crippen molar-refractivity contribution in [3.05, 3.63) is 36.3 Å². The van der Waals surface area contributed by atoms with E-state index in [9.17, 15) is 18.0 Å². The number of hydrogen-bond donors (Lipinski definition) is 2. The van der Waals surface area contributed by atoms with Gasteiger partial charge in [-0.2, -0.15) is 18.3 Å². The van der Waals surface area contributed by atoms with Gasteiger partial charge in [0.2, 0.25) is 5.91 Å². The van der Waals surface area contributed by atoms with E-state index < -0.39 is 11.7 Å². The number of nitrogens with zero attached hydrogens (tertiary/aromatic N) is 3. The molecule has 9 heteroatoms. The summed E-state index contributed by atoms with van der Waals surface area (Å²) < 4.78 is 37.7. The number of amides is 1. The first-order chi connectivity index (χ1) is 11.4. The highest BCUT2D eigenvalue weighted by Gasteiger charge is 2.31. The number of aromatic amines is 1. The van der Waals surface area contributed by atoms with Crippen molar-refractivity contribution >= 4 is 17.4 Å². The zero-order valence-electron chi connectivity index (χ0n) is 12.7. The fourth-order valence-electron chi connectivity index (χ4n) is 2.68. The quantitative estimate of drug-likeness (QED) is 0.902. The molecule has 3 heterocycles. The summed E-state index contributed by atoms with van der Waals surface area (Å²) in [5.41, 5.74) is -0.146. The zero-order chi connectivity index (χ0) is 17.2. The standard InChI is InChI=1S/C15H16F3N5O/c16-15(17,18)11-1-2-13(19-7-11)23-5-3-10(4-6-23)14(24)22-12-8-20-21-9-12/h1-2,7-10H,3-6H2,(H,20,21)(H,22,24). The summed E-state index contributed by atoms with van der Waals surface area (Å²) >= 11 is 0. The van der Waals surface area contributed by atoms with Crippen LogP contribution in [0.5, 0.6) is 0 Å². The third kappa shape index (κ3) is 3.66. The average molecular weight is 339 g/mol. The molecule has 0 bridgehead atoms. The van der Waals surface area contributed by atoms with Crippen LogP contribution in [-0.2, 0) is 11.0 Å². The SMILES string of the molecule is O=C(Nc1cn[nH]c1)C1CCN(c2ccc(C(F)(F)F)cn2)CC1. The summed E-state index contributed by atoms with van der Waals surface area (Å²) in [6, 6.07) is 2.40. The lowest BCUT2D eigenvalue weighted by atomic mass is 9.96. The van der Waals surface area contributed by atoms with Crippen LogP contribution in [0.3, 0.4) is 0 Å². The van der Waals surface area contributed by atoms with E-state index in [0.29, 0.717) is 37.4 Å². The molecule has 2 N–H and O–H groups in total. The second-order valence-electron chi connectivity index (χ2n) is 5.64. The van der Waals surface area contributed by atoms with E-state index in [1.807, 2.05) is 4.90 Å². The van der Waals surface area contributed by atoms with Crippen molar-refractivity contribution in [2.45, 2.75) is 19.0 Å². The molecule has 0 unspecified atom stereocenters. The van der Waals surface area contributed by atoms with E-state index in [1.54, 1.807) is 6.20 Å². The zero-order valence-corrected chi connectivity index (χ0v) is 12.7. The number of carbonyl (C=O) groups is 1. The minimum absolute atomic E-state index is 0.0728. The molecule has 1 aliphatic heterocycles. The van der Waals surface area contributed by atoms with E-state index in [2.05, 4.69) is 20.5 Å². The van der Waals surface area contributed by atoms with Crippen molar-refractivity contribution < 1.29 is 18.0 Å². The van der Waals surface area contributed by atoms with Gasteiger partial charge in [0.15, 0.2) is 0 Å². The lowest BCUT2D eigenvalue weighted by Crippen LogP contribution is -2.38. The molecule has 6 nitrogen and oxygen atoms in total. The van der Waals surface area contributed by atoms with Crippen molar-refractivity contribution in [2.75, 3.05) is 23.3 Å². The summed E-state index contributed by atoms with van der Waals surface area (Å²) in [4.78, 5) is 17.9. The number of pyridine rings is 1. The Bertz CT molecular complexity index is 676. The van der Waals surface area contributed by atoms with E-state index in [-0.39, 0.29) is 11.8 Å². The van der Waals surface area contributed by atoms with Crippen LogP contribution in [0.1, 0.15) is 18.4 Å². The minimum atomic E-state index is -4.39. The monoisotopic (exact) mass is 339 g/mol. The highest BCUT2D eigenvalue weighted by molar-refractivity contribution is 5.92. The second kappa shape index (κ2) is 6.50. The van der Waals surface area contributed by atoms with Crippen LogP contribution in [0.2, 0.25) is 0 Å². The number of rotatable bonds is 3. The van der Waals surface area contributed by atoms with Gasteiger partial charge in [0.25, 0.3) is 0 Å². The Hall–Kier alpha value is -2.58. The molecule has 0 aromatic carbocycles. The van der Waals surface area contributed by atoms with Crippen LogP contribution in [0.25, 0.3) is 0 Å². The second-order valence-corrected chi connectivity index (χ2v) is 5.64. The fourth-order valence-corrected chi connectivity index (χ4v) is 2.68. The number of nitrogens with one attached hydrogen (secondary N) is 2. The number of alkyl halides is 3. The van der Waals surface area contributed by atoms with Crippen molar-refractivity contribution in [3.63, 3.8) is 0 Å². The predicted octanol–water partition coefficient (Wildman–Crippen LogP) is 2.68. The molecule has 0 saturated carbocycles. The third-order valence-electron chi connectivity index (χ3n) is 4.03. The lowest BCUT2D eigenvalue weighted by Gasteiger charge is -2.32. The first-order valence-corrected chi connectivity index (χ1v) is 7.51. The largest absolute Gasteiger partial charge is 0.417 e. The molecule has 0 atom stereocenters. The Morgan fingerprint density at radius 1 is 1.25 bits per heavy atom. The highest BCUT2D eigenvalue weighted by Crippen LogP contribution is 2.30. The topological polar surface area (TPSA) is 73.9 Å². The summed E-state index contributed by atoms with van der Waals surface area (Å²) in [6.07, 6.45) is 0.813. The maximum Gasteiger partial charge on any atom is 0.417 e. The molecule has 0 radical (unpaired) electrons. The number of carbonyl (C=O) groups excluding carboxylic acids is 1. The molecule has 1 aliphatic rings. The van der Waals surface area contributed by atoms with Gasteiger partial charge in [-0.15, -0.1) is 0 Å². The van der Waals surface area contributed by atoms with Gasteiger partial charge in [0, 0.05) is 31.4 Å². The molecule has 1 amide bonds. The molecule has 3 rings (SSSR count). The molecule has 24 heavy (non-hydrogen) atoms. The summed E-state index contributed by atoms with van der Waals surface area (Å²) in [5, 5.41) is 9.16. The van der Waals surface area contributed by atoms with Crippen LogP contribution in [0.15, 0.2) is 30.7 Å². The maximum absolute atomic E-state index is 12.6. The van der Waals surface area contributed by atoms with Crippen molar-refractivity contribution in [1.29, 1.82) is 0 Å². The van der Waals surface area contributed by atoms with Crippen molar-refractivity contribution in [3.8, 4) is 0 Å². The first kappa shape index (κ1) is 16.3. The van der Waals surface area contributed by atoms with Crippen LogP contribution in [-0.4, -0.2) is 34.2 Å². The summed E-state index contributed by atoms with van der Waals surface area (Å²) in [6.45, 7) is 1.14. The van der Waals surface area contributed by atoms with Gasteiger partial charge in [0.05, 0.1) is 17.4 Å². The van der Waals surface area contributed by atoms with Gasteiger partial charge in [-0.3, -0.25) is 9.89 Å². The normalized spacial score (nSPS) is 16.2. The van der Waals surface area contributed by atoms with Crippen LogP contribution >= 0.6 is 0 Å². The minimum Gasteiger partial charge on any atom is -0.357 e. The Morgan fingerprint density at radius 3 is 2.54 bits per heavy atom. The predicted molar refractivity (Wildman–Crippen MR) is 81.4 cm³/mol. The molecular formula is C15H16F3N5O. The molecule has 2 aromatic rings. The number of H-pyrrole nitrogens is 1. The highest BCUT2D eigenvalue weighted by atomic mass is 19.4. The van der Waals surface area contributed by atoms with Crippen LogP contribution < -0.4 is 10.2 Å². The van der Waals surface area contributed by atoms with Gasteiger partial charge < -0.3 is 10.2 Å². The van der Waals surface area contributed by atoms with Crippen LogP contribution in [0, 0.1) is 5.92 Å². The molecule has 0 spiro atoms. The fraction of sp³-hybridized carbons (Fsp3) is 0.400. The van der Waals surface area contributed by atoms with Crippen molar-refractivity contribution in [2.24, 2.45) is 5.92 Å². The molecular weight excluding hydrogens is 323 g/mol. The Balaban J connectivity index is 1.56. The van der Waals surface area contributed by atoms with E-state index in [0.717, 1.165) is 12.3 Å².